The Morgan fingerprint density at radius 3 is 2.53 bits per heavy atom. The number of nitrogens with one attached hydrogen (secondary N) is 2. The zero-order valence-corrected chi connectivity index (χ0v) is 18.8. The average Bonchev–Trinajstić information content (AvgIpc) is 2.99. The summed E-state index contributed by atoms with van der Waals surface area (Å²) < 4.78 is 28.7. The van der Waals surface area contributed by atoms with Gasteiger partial charge in [-0.1, -0.05) is 6.92 Å². The Bertz CT molecular complexity index is 834. The summed E-state index contributed by atoms with van der Waals surface area (Å²) in [6.45, 7) is 2.50. The molecular weight excluding hydrogens is 430 g/mol. The maximum atomic E-state index is 12.9. The number of nitrogens with zero attached hydrogens (tertiary/aromatic N) is 1. The van der Waals surface area contributed by atoms with Crippen LogP contribution in [0.5, 0.6) is 0 Å². The van der Waals surface area contributed by atoms with Crippen LogP contribution < -0.4 is 10.0 Å². The number of hydrogen-bond acceptors (Lipinski definition) is 5. The van der Waals surface area contributed by atoms with E-state index in [2.05, 4.69) is 17.0 Å². The number of hydrogen-bond donors (Lipinski definition) is 2. The van der Waals surface area contributed by atoms with E-state index in [1.165, 1.54) is 0 Å². The fourth-order valence-corrected chi connectivity index (χ4v) is 7.78. The fourth-order valence-electron chi connectivity index (χ4n) is 5.56. The van der Waals surface area contributed by atoms with E-state index in [0.29, 0.717) is 51.0 Å². The van der Waals surface area contributed by atoms with Crippen LogP contribution in [-0.4, -0.2) is 60.3 Å². The van der Waals surface area contributed by atoms with Gasteiger partial charge >= 0.3 is 0 Å². The highest BCUT2D eigenvalue weighted by molar-refractivity contribution is 7.90. The molecule has 2 saturated heterocycles. The lowest BCUT2D eigenvalue weighted by atomic mass is 9.79. The lowest BCUT2D eigenvalue weighted by Crippen LogP contribution is -2.53. The van der Waals surface area contributed by atoms with Gasteiger partial charge < -0.3 is 4.90 Å². The third kappa shape index (κ3) is 4.25. The van der Waals surface area contributed by atoms with Gasteiger partial charge in [-0.15, -0.1) is 11.6 Å². The molecule has 7 atom stereocenters. The predicted molar refractivity (Wildman–Crippen MR) is 111 cm³/mol. The van der Waals surface area contributed by atoms with E-state index in [-0.39, 0.29) is 41.5 Å². The van der Waals surface area contributed by atoms with E-state index in [0.717, 1.165) is 6.42 Å². The Morgan fingerprint density at radius 2 is 1.83 bits per heavy atom. The zero-order valence-electron chi connectivity index (χ0n) is 17.2. The summed E-state index contributed by atoms with van der Waals surface area (Å²) in [6.07, 6.45) is 4.31. The smallest absolute Gasteiger partial charge is 0.249 e. The van der Waals surface area contributed by atoms with Gasteiger partial charge in [0.2, 0.25) is 27.7 Å². The second kappa shape index (κ2) is 8.39. The van der Waals surface area contributed by atoms with Crippen LogP contribution in [0.3, 0.4) is 0 Å². The van der Waals surface area contributed by atoms with Crippen molar-refractivity contribution in [2.75, 3.05) is 6.54 Å². The number of halogens is 1. The van der Waals surface area contributed by atoms with Crippen molar-refractivity contribution >= 4 is 39.3 Å². The van der Waals surface area contributed by atoms with Gasteiger partial charge in [-0.3, -0.25) is 19.7 Å². The molecule has 0 aromatic heterocycles. The summed E-state index contributed by atoms with van der Waals surface area (Å²) in [6, 6.07) is -0.792. The summed E-state index contributed by atoms with van der Waals surface area (Å²) >= 11 is 6.32. The van der Waals surface area contributed by atoms with Gasteiger partial charge in [0.05, 0.1) is 5.25 Å². The first-order valence-corrected chi connectivity index (χ1v) is 12.9. The summed E-state index contributed by atoms with van der Waals surface area (Å²) in [7, 11) is -3.47. The van der Waals surface area contributed by atoms with Gasteiger partial charge in [-0.05, 0) is 56.8 Å². The van der Waals surface area contributed by atoms with Gasteiger partial charge in [0.1, 0.15) is 6.04 Å². The molecule has 8 nitrogen and oxygen atoms in total. The van der Waals surface area contributed by atoms with Crippen LogP contribution in [0.15, 0.2) is 0 Å². The van der Waals surface area contributed by atoms with E-state index in [1.807, 2.05) is 0 Å². The standard InChI is InChI=1S/C20H30ClN3O5S/c1-11-2-4-14(9-16(11)21)30(28,29)23-13-3-5-15-12(8-13)10-24(20(15)27)17-6-7-18(25)22-19(17)26/h11-17,23H,2-10H2,1H3,(H,22,25,26). The molecule has 0 spiro atoms. The summed E-state index contributed by atoms with van der Waals surface area (Å²) in [4.78, 5) is 38.1. The van der Waals surface area contributed by atoms with Crippen molar-refractivity contribution in [2.45, 2.75) is 81.0 Å². The van der Waals surface area contributed by atoms with E-state index in [9.17, 15) is 22.8 Å². The quantitative estimate of drug-likeness (QED) is 0.483. The Balaban J connectivity index is 1.37. The van der Waals surface area contributed by atoms with Crippen molar-refractivity contribution < 1.29 is 22.8 Å². The molecule has 4 aliphatic rings. The molecule has 10 heteroatoms. The highest BCUT2D eigenvalue weighted by Gasteiger charge is 2.49. The van der Waals surface area contributed by atoms with E-state index in [4.69, 9.17) is 11.6 Å². The molecule has 0 aromatic rings. The first-order chi connectivity index (χ1) is 14.2. The molecule has 2 saturated carbocycles. The number of rotatable bonds is 4. The minimum Gasteiger partial charge on any atom is -0.330 e. The molecule has 4 rings (SSSR count). The SMILES string of the molecule is CC1CCC(S(=O)(=O)NC2CCC3C(=O)N(C4CCC(=O)NC4=O)CC3C2)CC1Cl. The number of sulfonamides is 1. The summed E-state index contributed by atoms with van der Waals surface area (Å²) in [5.74, 6) is -0.558. The first kappa shape index (κ1) is 22.0. The summed E-state index contributed by atoms with van der Waals surface area (Å²) in [5.41, 5.74) is 0. The molecule has 0 bridgehead atoms. The van der Waals surface area contributed by atoms with E-state index in [1.54, 1.807) is 4.90 Å². The third-order valence-corrected chi connectivity index (χ3v) is 10.00. The molecule has 2 aliphatic heterocycles. The largest absolute Gasteiger partial charge is 0.330 e. The van der Waals surface area contributed by atoms with Crippen molar-refractivity contribution in [2.24, 2.45) is 17.8 Å². The van der Waals surface area contributed by atoms with Crippen LogP contribution in [0.1, 0.15) is 58.3 Å². The van der Waals surface area contributed by atoms with Gasteiger partial charge in [0, 0.05) is 30.3 Å². The average molecular weight is 460 g/mol. The molecule has 30 heavy (non-hydrogen) atoms. The molecule has 3 amide bonds. The molecular formula is C20H30ClN3O5S. The lowest BCUT2D eigenvalue weighted by Gasteiger charge is -2.34. The van der Waals surface area contributed by atoms with Gasteiger partial charge in [-0.25, -0.2) is 13.1 Å². The topological polar surface area (TPSA) is 113 Å². The molecule has 2 N–H and O–H groups in total. The van der Waals surface area contributed by atoms with Crippen LogP contribution in [0.2, 0.25) is 0 Å². The second-order valence-electron chi connectivity index (χ2n) is 9.43. The molecule has 7 unspecified atom stereocenters. The Kier molecular flexibility index (Phi) is 6.16. The van der Waals surface area contributed by atoms with E-state index >= 15 is 0 Å². The van der Waals surface area contributed by atoms with Gasteiger partial charge in [0.15, 0.2) is 0 Å². The number of imide groups is 1. The predicted octanol–water partition coefficient (Wildman–Crippen LogP) is 1.13. The highest BCUT2D eigenvalue weighted by Crippen LogP contribution is 2.39. The number of carbonyl (C=O) groups excluding carboxylic acids is 3. The van der Waals surface area contributed by atoms with Crippen LogP contribution in [0.25, 0.3) is 0 Å². The molecule has 168 valence electrons. The number of piperidine rings is 1. The lowest BCUT2D eigenvalue weighted by molar-refractivity contribution is -0.144. The highest BCUT2D eigenvalue weighted by atomic mass is 35.5. The number of carbonyl (C=O) groups is 3. The zero-order chi connectivity index (χ0) is 21.6. The number of fused-ring (bicyclic) bond motifs is 1. The van der Waals surface area contributed by atoms with Crippen LogP contribution in [0.4, 0.5) is 0 Å². The molecule has 2 heterocycles. The van der Waals surface area contributed by atoms with Crippen molar-refractivity contribution in [3.8, 4) is 0 Å². The maximum absolute atomic E-state index is 12.9. The Morgan fingerprint density at radius 1 is 1.07 bits per heavy atom. The first-order valence-electron chi connectivity index (χ1n) is 10.9. The maximum Gasteiger partial charge on any atom is 0.249 e. The normalized spacial score (nSPS) is 40.3. The monoisotopic (exact) mass is 459 g/mol. The Hall–Kier alpha value is -1.19. The summed E-state index contributed by atoms with van der Waals surface area (Å²) in [5, 5.41) is 1.74. The molecule has 2 aliphatic carbocycles. The van der Waals surface area contributed by atoms with Gasteiger partial charge in [0.25, 0.3) is 0 Å². The van der Waals surface area contributed by atoms with E-state index < -0.39 is 27.2 Å². The number of amides is 3. The molecule has 0 radical (unpaired) electrons. The van der Waals surface area contributed by atoms with Gasteiger partial charge in [-0.2, -0.15) is 0 Å². The van der Waals surface area contributed by atoms with Crippen molar-refractivity contribution in [1.29, 1.82) is 0 Å². The van der Waals surface area contributed by atoms with Crippen molar-refractivity contribution in [3.63, 3.8) is 0 Å². The van der Waals surface area contributed by atoms with Crippen molar-refractivity contribution in [1.82, 2.24) is 14.9 Å². The van der Waals surface area contributed by atoms with Crippen LogP contribution in [-0.2, 0) is 24.4 Å². The minimum absolute atomic E-state index is 0.0246. The number of alkyl halides is 1. The Labute approximate surface area is 182 Å². The van der Waals surface area contributed by atoms with Crippen molar-refractivity contribution in [3.05, 3.63) is 0 Å². The number of likely N-dealkylation sites (tertiary alicyclic amines) is 1. The molecule has 0 aromatic carbocycles. The fraction of sp³-hybridized carbons (Fsp3) is 0.850. The second-order valence-corrected chi connectivity index (χ2v) is 12.0. The minimum atomic E-state index is -3.47. The third-order valence-electron chi connectivity index (χ3n) is 7.42. The van der Waals surface area contributed by atoms with Crippen LogP contribution in [0, 0.1) is 17.8 Å². The van der Waals surface area contributed by atoms with Crippen LogP contribution >= 0.6 is 11.6 Å². The molecule has 4 fully saturated rings.